The molecule has 254 valence electrons. The van der Waals surface area contributed by atoms with Crippen molar-refractivity contribution in [2.24, 2.45) is 29.4 Å². The number of carbonyl (C=O) groups excluding carboxylic acids is 5. The van der Waals surface area contributed by atoms with E-state index in [9.17, 15) is 24.0 Å². The number of ketones is 1. The minimum Gasteiger partial charge on any atom is -0.363 e. The minimum atomic E-state index is -1.06. The molecule has 5 rings (SSSR count). The fraction of sp³-hybridized carbons (Fsp3) is 0.743. The zero-order chi connectivity index (χ0) is 32.8. The number of primary amides is 1. The molecule has 10 nitrogen and oxygen atoms in total. The average molecular weight is 656 g/mol. The Labute approximate surface area is 277 Å². The third-order valence-corrected chi connectivity index (χ3v) is 11.7. The van der Waals surface area contributed by atoms with Gasteiger partial charge in [-0.05, 0) is 91.0 Å². The van der Waals surface area contributed by atoms with Gasteiger partial charge < -0.3 is 26.6 Å². The lowest BCUT2D eigenvalue weighted by molar-refractivity contribution is -0.143. The van der Waals surface area contributed by atoms with E-state index in [4.69, 9.17) is 5.73 Å². The van der Waals surface area contributed by atoms with Crippen LogP contribution < -0.4 is 21.7 Å². The maximum atomic E-state index is 14.6. The lowest BCUT2D eigenvalue weighted by Gasteiger charge is -2.40. The van der Waals surface area contributed by atoms with E-state index in [0.29, 0.717) is 19.4 Å². The van der Waals surface area contributed by atoms with Crippen molar-refractivity contribution < 1.29 is 24.0 Å². The van der Waals surface area contributed by atoms with Crippen LogP contribution in [0.15, 0.2) is 16.8 Å². The van der Waals surface area contributed by atoms with Gasteiger partial charge in [-0.15, -0.1) is 0 Å². The molecule has 0 radical (unpaired) electrons. The first-order valence-electron chi connectivity index (χ1n) is 17.6. The molecule has 1 saturated heterocycles. The quantitative estimate of drug-likeness (QED) is 0.232. The van der Waals surface area contributed by atoms with E-state index in [2.05, 4.69) is 46.6 Å². The number of nitrogens with two attached hydrogens (primary N) is 1. The average Bonchev–Trinajstić information content (AvgIpc) is 3.49. The van der Waals surface area contributed by atoms with Gasteiger partial charge in [0, 0.05) is 12.1 Å². The van der Waals surface area contributed by atoms with Crippen molar-refractivity contribution in [3.8, 4) is 0 Å². The SMILES string of the molecule is CC(C)[C@@H]1C[C@@H](C(=O)NC(CC2CC2)C(=O)C(N)=O)N(C(=O)[C@@H](NC(=O)NC2(Cc3ccsc3)CCCCC2)C2CCCCC2)C1. The molecule has 4 atom stereocenters. The number of urea groups is 1. The zero-order valence-electron chi connectivity index (χ0n) is 27.6. The Morgan fingerprint density at radius 2 is 1.65 bits per heavy atom. The van der Waals surface area contributed by atoms with Crippen LogP contribution in [0.2, 0.25) is 0 Å². The normalized spacial score (nSPS) is 24.6. The van der Waals surface area contributed by atoms with Crippen molar-refractivity contribution >= 4 is 40.9 Å². The van der Waals surface area contributed by atoms with Gasteiger partial charge in [-0.25, -0.2) is 4.79 Å². The number of amides is 5. The second-order valence-corrected chi connectivity index (χ2v) is 15.6. The number of nitrogens with one attached hydrogen (secondary N) is 3. The van der Waals surface area contributed by atoms with Crippen molar-refractivity contribution in [1.82, 2.24) is 20.9 Å². The molecule has 0 bridgehead atoms. The van der Waals surface area contributed by atoms with Gasteiger partial charge >= 0.3 is 6.03 Å². The Bertz CT molecular complexity index is 1240. The van der Waals surface area contributed by atoms with E-state index in [-0.39, 0.29) is 41.1 Å². The number of Topliss-reactive ketones (excluding diaryl/α,β-unsaturated/α-hetero) is 1. The summed E-state index contributed by atoms with van der Waals surface area (Å²) < 4.78 is 0. The summed E-state index contributed by atoms with van der Waals surface area (Å²) in [7, 11) is 0. The topological polar surface area (TPSA) is 151 Å². The highest BCUT2D eigenvalue weighted by Crippen LogP contribution is 2.36. The highest BCUT2D eigenvalue weighted by Gasteiger charge is 2.46. The van der Waals surface area contributed by atoms with Crippen LogP contribution in [0.5, 0.6) is 0 Å². The predicted molar refractivity (Wildman–Crippen MR) is 178 cm³/mol. The summed E-state index contributed by atoms with van der Waals surface area (Å²) in [6, 6.07) is -0.733. The number of hydrogen-bond acceptors (Lipinski definition) is 6. The Balaban J connectivity index is 1.35. The van der Waals surface area contributed by atoms with Gasteiger partial charge in [0.2, 0.25) is 17.6 Å². The molecule has 1 aromatic heterocycles. The smallest absolute Gasteiger partial charge is 0.315 e. The molecule has 1 aliphatic heterocycles. The fourth-order valence-corrected chi connectivity index (χ4v) is 8.67. The Morgan fingerprint density at radius 3 is 2.26 bits per heavy atom. The third-order valence-electron chi connectivity index (χ3n) is 11.0. The van der Waals surface area contributed by atoms with Crippen molar-refractivity contribution in [2.45, 2.75) is 134 Å². The Hall–Kier alpha value is -2.95. The van der Waals surface area contributed by atoms with Crippen molar-refractivity contribution in [3.05, 3.63) is 22.4 Å². The number of thiophene rings is 1. The molecule has 5 N–H and O–H groups in total. The van der Waals surface area contributed by atoms with Crippen LogP contribution in [0.4, 0.5) is 4.79 Å². The molecule has 4 aliphatic rings. The summed E-state index contributed by atoms with van der Waals surface area (Å²) in [5.41, 5.74) is 6.19. The fourth-order valence-electron chi connectivity index (χ4n) is 8.01. The first kappa shape index (κ1) is 34.4. The molecular formula is C35H53N5O5S. The summed E-state index contributed by atoms with van der Waals surface area (Å²) in [5.74, 6) is -1.94. The van der Waals surface area contributed by atoms with Crippen LogP contribution >= 0.6 is 11.3 Å². The highest BCUT2D eigenvalue weighted by molar-refractivity contribution is 7.07. The molecule has 1 aromatic rings. The van der Waals surface area contributed by atoms with Crippen LogP contribution in [0.3, 0.4) is 0 Å². The van der Waals surface area contributed by atoms with Crippen molar-refractivity contribution in [3.63, 3.8) is 0 Å². The van der Waals surface area contributed by atoms with E-state index in [1.54, 1.807) is 16.2 Å². The molecule has 3 saturated carbocycles. The van der Waals surface area contributed by atoms with Crippen LogP contribution in [-0.2, 0) is 25.6 Å². The van der Waals surface area contributed by atoms with E-state index in [1.807, 2.05) is 0 Å². The van der Waals surface area contributed by atoms with Crippen LogP contribution in [-0.4, -0.2) is 64.6 Å². The van der Waals surface area contributed by atoms with Gasteiger partial charge in [-0.3, -0.25) is 19.2 Å². The van der Waals surface area contributed by atoms with Crippen molar-refractivity contribution in [2.75, 3.05) is 6.54 Å². The van der Waals surface area contributed by atoms with Gasteiger partial charge in [0.05, 0.1) is 6.04 Å². The number of rotatable bonds is 13. The highest BCUT2D eigenvalue weighted by atomic mass is 32.1. The molecule has 4 fully saturated rings. The molecule has 0 spiro atoms. The standard InChI is InChI=1S/C35H53N5O5S/c1-22(2)26-18-28(32(43)37-27(17-23-11-12-23)30(41)31(36)42)40(20-26)33(44)29(25-9-5-3-6-10-25)38-34(45)39-35(14-7-4-8-15-35)19-24-13-16-46-21-24/h13,16,21-23,25-29H,3-12,14-15,17-20H2,1-2H3,(H2,36,42)(H,37,43)(H2,38,39,45)/t26-,27?,28+,29+/m1/s1. The summed E-state index contributed by atoms with van der Waals surface area (Å²) in [6.07, 6.45) is 13.3. The number of nitrogens with zero attached hydrogens (tertiary/aromatic N) is 1. The second kappa shape index (κ2) is 15.3. The molecular weight excluding hydrogens is 602 g/mol. The lowest BCUT2D eigenvalue weighted by Crippen LogP contribution is -2.61. The zero-order valence-corrected chi connectivity index (χ0v) is 28.4. The minimum absolute atomic E-state index is 0.0213. The maximum Gasteiger partial charge on any atom is 0.315 e. The first-order valence-corrected chi connectivity index (χ1v) is 18.5. The van der Waals surface area contributed by atoms with Crippen LogP contribution in [0.25, 0.3) is 0 Å². The van der Waals surface area contributed by atoms with Gasteiger partial charge in [-0.2, -0.15) is 11.3 Å². The van der Waals surface area contributed by atoms with E-state index in [0.717, 1.165) is 83.5 Å². The molecule has 11 heteroatoms. The number of carbonyl (C=O) groups is 5. The molecule has 46 heavy (non-hydrogen) atoms. The van der Waals surface area contributed by atoms with Gasteiger partial charge in [0.25, 0.3) is 5.91 Å². The largest absolute Gasteiger partial charge is 0.363 e. The third kappa shape index (κ3) is 8.69. The summed E-state index contributed by atoms with van der Waals surface area (Å²) in [4.78, 5) is 68.3. The maximum absolute atomic E-state index is 14.6. The molecule has 3 aliphatic carbocycles. The van der Waals surface area contributed by atoms with Crippen LogP contribution in [0, 0.1) is 23.7 Å². The van der Waals surface area contributed by atoms with E-state index < -0.39 is 35.7 Å². The number of likely N-dealkylation sites (tertiary alicyclic amines) is 1. The molecule has 2 heterocycles. The molecule has 1 unspecified atom stereocenters. The second-order valence-electron chi connectivity index (χ2n) is 14.8. The summed E-state index contributed by atoms with van der Waals surface area (Å²) in [6.45, 7) is 4.57. The monoisotopic (exact) mass is 655 g/mol. The van der Waals surface area contributed by atoms with Gasteiger partial charge in [0.1, 0.15) is 12.1 Å². The van der Waals surface area contributed by atoms with E-state index in [1.165, 1.54) is 5.56 Å². The molecule has 0 aromatic carbocycles. The Morgan fingerprint density at radius 1 is 0.957 bits per heavy atom. The van der Waals surface area contributed by atoms with E-state index >= 15 is 0 Å². The van der Waals surface area contributed by atoms with Gasteiger partial charge in [0.15, 0.2) is 0 Å². The predicted octanol–water partition coefficient (Wildman–Crippen LogP) is 4.45. The van der Waals surface area contributed by atoms with Crippen LogP contribution in [0.1, 0.15) is 109 Å². The summed E-state index contributed by atoms with van der Waals surface area (Å²) in [5, 5.41) is 13.5. The lowest BCUT2D eigenvalue weighted by atomic mass is 9.78. The van der Waals surface area contributed by atoms with Crippen molar-refractivity contribution in [1.29, 1.82) is 0 Å². The Kier molecular flexibility index (Phi) is 11.4. The molecule has 5 amide bonds. The van der Waals surface area contributed by atoms with Gasteiger partial charge in [-0.1, -0.05) is 65.2 Å². The first-order chi connectivity index (χ1) is 22.0. The summed E-state index contributed by atoms with van der Waals surface area (Å²) >= 11 is 1.66. The number of hydrogen-bond donors (Lipinski definition) is 4.